The number of rotatable bonds is 4. The van der Waals surface area contributed by atoms with Crippen LogP contribution in [0.15, 0.2) is 0 Å². The van der Waals surface area contributed by atoms with Crippen LogP contribution in [0, 0.1) is 0 Å². The van der Waals surface area contributed by atoms with Gasteiger partial charge in [0.2, 0.25) is 0 Å². The average Bonchev–Trinajstić information content (AvgIpc) is 2.63. The Balaban J connectivity index is 1.81. The molecule has 0 saturated heterocycles. The Kier molecular flexibility index (Phi) is 2.14. The highest BCUT2D eigenvalue weighted by molar-refractivity contribution is 4.91. The summed E-state index contributed by atoms with van der Waals surface area (Å²) in [6.45, 7) is 1.25. The third-order valence-corrected chi connectivity index (χ3v) is 2.92. The van der Waals surface area contributed by atoms with Crippen molar-refractivity contribution in [1.82, 2.24) is 4.90 Å². The highest BCUT2D eigenvalue weighted by Gasteiger charge is 2.35. The van der Waals surface area contributed by atoms with E-state index in [1.807, 2.05) is 0 Å². The Hall–Kier alpha value is -0.0800. The topological polar surface area (TPSA) is 23.5 Å². The zero-order chi connectivity index (χ0) is 7.68. The van der Waals surface area contributed by atoms with E-state index in [9.17, 15) is 0 Å². The molecule has 0 heterocycles. The zero-order valence-corrected chi connectivity index (χ0v) is 7.00. The summed E-state index contributed by atoms with van der Waals surface area (Å²) in [5, 5.41) is 8.84. The van der Waals surface area contributed by atoms with Crippen LogP contribution in [0.2, 0.25) is 0 Å². The van der Waals surface area contributed by atoms with Gasteiger partial charge in [-0.15, -0.1) is 0 Å². The molecule has 2 rings (SSSR count). The second kappa shape index (κ2) is 3.11. The SMILES string of the molecule is OCCN(C1CCC1)C1CC1. The van der Waals surface area contributed by atoms with Crippen molar-refractivity contribution >= 4 is 0 Å². The maximum absolute atomic E-state index is 8.84. The molecule has 0 radical (unpaired) electrons. The van der Waals surface area contributed by atoms with E-state index in [1.165, 1.54) is 32.1 Å². The van der Waals surface area contributed by atoms with Gasteiger partial charge in [-0.05, 0) is 25.7 Å². The average molecular weight is 155 g/mol. The van der Waals surface area contributed by atoms with Crippen LogP contribution < -0.4 is 0 Å². The summed E-state index contributed by atoms with van der Waals surface area (Å²) in [5.41, 5.74) is 0. The first-order valence-corrected chi connectivity index (χ1v) is 4.78. The third kappa shape index (κ3) is 1.57. The van der Waals surface area contributed by atoms with Gasteiger partial charge in [0.15, 0.2) is 0 Å². The maximum atomic E-state index is 8.84. The zero-order valence-electron chi connectivity index (χ0n) is 7.00. The van der Waals surface area contributed by atoms with Crippen LogP contribution in [0.25, 0.3) is 0 Å². The second-order valence-electron chi connectivity index (χ2n) is 3.78. The standard InChI is InChI=1S/C9H17NO/c11-7-6-10(9-4-5-9)8-2-1-3-8/h8-9,11H,1-7H2. The number of nitrogens with zero attached hydrogens (tertiary/aromatic N) is 1. The Bertz CT molecular complexity index is 130. The first-order chi connectivity index (χ1) is 5.42. The van der Waals surface area contributed by atoms with Crippen LogP contribution in [0.5, 0.6) is 0 Å². The second-order valence-corrected chi connectivity index (χ2v) is 3.78. The number of hydrogen-bond donors (Lipinski definition) is 1. The van der Waals surface area contributed by atoms with Crippen molar-refractivity contribution in [2.75, 3.05) is 13.2 Å². The van der Waals surface area contributed by atoms with E-state index in [2.05, 4.69) is 4.90 Å². The largest absolute Gasteiger partial charge is 0.395 e. The van der Waals surface area contributed by atoms with Crippen molar-refractivity contribution < 1.29 is 5.11 Å². The van der Waals surface area contributed by atoms with Crippen LogP contribution in [0.1, 0.15) is 32.1 Å². The molecular weight excluding hydrogens is 138 g/mol. The molecule has 0 aromatic rings. The van der Waals surface area contributed by atoms with Gasteiger partial charge in [-0.1, -0.05) is 6.42 Å². The minimum Gasteiger partial charge on any atom is -0.395 e. The molecule has 2 aliphatic rings. The smallest absolute Gasteiger partial charge is 0.0558 e. The van der Waals surface area contributed by atoms with E-state index in [-0.39, 0.29) is 0 Å². The maximum Gasteiger partial charge on any atom is 0.0558 e. The predicted molar refractivity (Wildman–Crippen MR) is 44.5 cm³/mol. The van der Waals surface area contributed by atoms with Crippen LogP contribution in [-0.4, -0.2) is 35.2 Å². The van der Waals surface area contributed by atoms with Gasteiger partial charge < -0.3 is 5.11 Å². The third-order valence-electron chi connectivity index (χ3n) is 2.92. The Morgan fingerprint density at radius 1 is 1.09 bits per heavy atom. The molecule has 0 aromatic carbocycles. The molecule has 2 saturated carbocycles. The molecule has 2 heteroatoms. The first-order valence-electron chi connectivity index (χ1n) is 4.78. The van der Waals surface area contributed by atoms with E-state index < -0.39 is 0 Å². The Morgan fingerprint density at radius 2 is 1.73 bits per heavy atom. The predicted octanol–water partition coefficient (Wildman–Crippen LogP) is 0.996. The van der Waals surface area contributed by atoms with Gasteiger partial charge in [-0.25, -0.2) is 0 Å². The normalized spacial score (nSPS) is 25.6. The van der Waals surface area contributed by atoms with Crippen LogP contribution >= 0.6 is 0 Å². The van der Waals surface area contributed by atoms with Crippen molar-refractivity contribution in [3.8, 4) is 0 Å². The lowest BCUT2D eigenvalue weighted by atomic mass is 9.91. The molecular formula is C9H17NO. The molecule has 0 bridgehead atoms. The fourth-order valence-electron chi connectivity index (χ4n) is 1.90. The summed E-state index contributed by atoms with van der Waals surface area (Å²) < 4.78 is 0. The molecule has 2 nitrogen and oxygen atoms in total. The van der Waals surface area contributed by atoms with Gasteiger partial charge in [0, 0.05) is 18.6 Å². The number of hydrogen-bond acceptors (Lipinski definition) is 2. The highest BCUT2D eigenvalue weighted by atomic mass is 16.3. The van der Waals surface area contributed by atoms with Crippen LogP contribution in [0.3, 0.4) is 0 Å². The molecule has 0 aromatic heterocycles. The Labute approximate surface area is 68.2 Å². The van der Waals surface area contributed by atoms with E-state index in [0.29, 0.717) is 6.61 Å². The molecule has 2 fully saturated rings. The minimum atomic E-state index is 0.340. The van der Waals surface area contributed by atoms with Crippen molar-refractivity contribution in [3.63, 3.8) is 0 Å². The molecule has 0 spiro atoms. The fraction of sp³-hybridized carbons (Fsp3) is 1.00. The first kappa shape index (κ1) is 7.56. The molecule has 64 valence electrons. The van der Waals surface area contributed by atoms with Crippen molar-refractivity contribution in [2.45, 2.75) is 44.2 Å². The minimum absolute atomic E-state index is 0.340. The molecule has 2 aliphatic carbocycles. The molecule has 0 aliphatic heterocycles. The van der Waals surface area contributed by atoms with Crippen molar-refractivity contribution in [3.05, 3.63) is 0 Å². The molecule has 0 amide bonds. The van der Waals surface area contributed by atoms with E-state index in [4.69, 9.17) is 5.11 Å². The Morgan fingerprint density at radius 3 is 2.09 bits per heavy atom. The van der Waals surface area contributed by atoms with Gasteiger partial charge in [-0.2, -0.15) is 0 Å². The van der Waals surface area contributed by atoms with Gasteiger partial charge in [-0.3, -0.25) is 4.90 Å². The van der Waals surface area contributed by atoms with E-state index in [0.717, 1.165) is 18.6 Å². The van der Waals surface area contributed by atoms with Gasteiger partial charge >= 0.3 is 0 Å². The lowest BCUT2D eigenvalue weighted by molar-refractivity contribution is 0.0940. The van der Waals surface area contributed by atoms with Gasteiger partial charge in [0.1, 0.15) is 0 Å². The van der Waals surface area contributed by atoms with Crippen molar-refractivity contribution in [1.29, 1.82) is 0 Å². The van der Waals surface area contributed by atoms with Crippen LogP contribution in [-0.2, 0) is 0 Å². The summed E-state index contributed by atoms with van der Waals surface area (Å²) in [6, 6.07) is 1.67. The number of aliphatic hydroxyl groups is 1. The summed E-state index contributed by atoms with van der Waals surface area (Å²) in [5.74, 6) is 0. The molecule has 1 N–H and O–H groups in total. The quantitative estimate of drug-likeness (QED) is 0.654. The van der Waals surface area contributed by atoms with Gasteiger partial charge in [0.05, 0.1) is 6.61 Å². The summed E-state index contributed by atoms with van der Waals surface area (Å²) in [7, 11) is 0. The molecule has 11 heavy (non-hydrogen) atoms. The number of aliphatic hydroxyl groups excluding tert-OH is 1. The summed E-state index contributed by atoms with van der Waals surface area (Å²) in [4.78, 5) is 2.52. The summed E-state index contributed by atoms with van der Waals surface area (Å²) >= 11 is 0. The van der Waals surface area contributed by atoms with Crippen molar-refractivity contribution in [2.24, 2.45) is 0 Å². The lowest BCUT2D eigenvalue weighted by Gasteiger charge is -2.37. The molecule has 0 atom stereocenters. The summed E-state index contributed by atoms with van der Waals surface area (Å²) in [6.07, 6.45) is 6.89. The van der Waals surface area contributed by atoms with E-state index in [1.54, 1.807) is 0 Å². The monoisotopic (exact) mass is 155 g/mol. The fourth-order valence-corrected chi connectivity index (χ4v) is 1.90. The lowest BCUT2D eigenvalue weighted by Crippen LogP contribution is -2.43. The van der Waals surface area contributed by atoms with Crippen LogP contribution in [0.4, 0.5) is 0 Å². The van der Waals surface area contributed by atoms with E-state index >= 15 is 0 Å². The highest BCUT2D eigenvalue weighted by Crippen LogP contribution is 2.34. The van der Waals surface area contributed by atoms with Gasteiger partial charge in [0.25, 0.3) is 0 Å². The molecule has 0 unspecified atom stereocenters.